The lowest BCUT2D eigenvalue weighted by Crippen LogP contribution is -2.53. The number of rotatable bonds is 7. The maximum Gasteiger partial charge on any atom is 0.234 e. The Labute approximate surface area is 147 Å². The lowest BCUT2D eigenvalue weighted by atomic mass is 9.87. The van der Waals surface area contributed by atoms with Gasteiger partial charge in [-0.25, -0.2) is 0 Å². The summed E-state index contributed by atoms with van der Waals surface area (Å²) in [4.78, 5) is 16.8. The summed E-state index contributed by atoms with van der Waals surface area (Å²) in [5, 5.41) is 13.7. The van der Waals surface area contributed by atoms with Crippen LogP contribution in [0.3, 0.4) is 0 Å². The predicted molar refractivity (Wildman–Crippen MR) is 98.0 cm³/mol. The van der Waals surface area contributed by atoms with E-state index in [1.54, 1.807) is 0 Å². The minimum absolute atomic E-state index is 0.182. The van der Waals surface area contributed by atoms with Crippen molar-refractivity contribution in [2.45, 2.75) is 70.9 Å². The Morgan fingerprint density at radius 3 is 2.12 bits per heavy atom. The minimum Gasteiger partial charge on any atom is -0.389 e. The first kappa shape index (κ1) is 19.7. The second-order valence-electron chi connectivity index (χ2n) is 8.01. The molecule has 2 fully saturated rings. The number of β-amino-alcohol motifs (C(OH)–C–C–N with tert-alkyl or cyclic N) is 1. The van der Waals surface area contributed by atoms with Crippen LogP contribution in [0.1, 0.15) is 59.3 Å². The van der Waals surface area contributed by atoms with Crippen LogP contribution < -0.4 is 5.32 Å². The second kappa shape index (κ2) is 9.16. The van der Waals surface area contributed by atoms with Gasteiger partial charge < -0.3 is 10.4 Å². The van der Waals surface area contributed by atoms with Crippen molar-refractivity contribution in [1.82, 2.24) is 15.1 Å². The monoisotopic (exact) mass is 339 g/mol. The summed E-state index contributed by atoms with van der Waals surface area (Å²) in [6.45, 7) is 11.4. The molecule has 1 saturated carbocycles. The van der Waals surface area contributed by atoms with Crippen molar-refractivity contribution in [3.05, 3.63) is 0 Å². The van der Waals surface area contributed by atoms with E-state index in [0.29, 0.717) is 12.6 Å². The zero-order valence-corrected chi connectivity index (χ0v) is 15.9. The highest BCUT2D eigenvalue weighted by molar-refractivity contribution is 5.78. The molecule has 24 heavy (non-hydrogen) atoms. The summed E-state index contributed by atoms with van der Waals surface area (Å²) in [5.41, 5.74) is -0.558. The first-order valence-electron chi connectivity index (χ1n) is 9.90. The quantitative estimate of drug-likeness (QED) is 0.743. The summed E-state index contributed by atoms with van der Waals surface area (Å²) in [7, 11) is 0. The Kier molecular flexibility index (Phi) is 7.51. The van der Waals surface area contributed by atoms with E-state index in [4.69, 9.17) is 0 Å². The van der Waals surface area contributed by atoms with E-state index in [0.717, 1.165) is 64.3 Å². The Morgan fingerprint density at radius 1 is 1.04 bits per heavy atom. The van der Waals surface area contributed by atoms with E-state index in [2.05, 4.69) is 35.9 Å². The second-order valence-corrected chi connectivity index (χ2v) is 8.01. The fourth-order valence-corrected chi connectivity index (χ4v) is 3.88. The Balaban J connectivity index is 1.66. The highest BCUT2D eigenvalue weighted by Gasteiger charge is 2.28. The van der Waals surface area contributed by atoms with Crippen LogP contribution in [-0.2, 0) is 4.79 Å². The first-order chi connectivity index (χ1) is 11.4. The van der Waals surface area contributed by atoms with Crippen LogP contribution in [0.5, 0.6) is 0 Å². The number of amides is 1. The number of carbonyl (C=O) groups excluding carboxylic acids is 1. The van der Waals surface area contributed by atoms with Gasteiger partial charge in [0.1, 0.15) is 0 Å². The molecule has 0 aromatic carbocycles. The average Bonchev–Trinajstić information content (AvgIpc) is 2.58. The third-order valence-electron chi connectivity index (χ3n) is 6.05. The van der Waals surface area contributed by atoms with Crippen LogP contribution in [0, 0.1) is 5.92 Å². The Hall–Kier alpha value is -0.650. The maximum atomic E-state index is 12.3. The van der Waals surface area contributed by atoms with Crippen molar-refractivity contribution in [1.29, 1.82) is 0 Å². The molecule has 5 heteroatoms. The van der Waals surface area contributed by atoms with Crippen LogP contribution in [0.15, 0.2) is 0 Å². The molecule has 0 aromatic rings. The molecule has 0 bridgehead atoms. The number of carbonyl (C=O) groups is 1. The molecule has 1 amide bonds. The molecule has 0 aromatic heterocycles. The van der Waals surface area contributed by atoms with Crippen LogP contribution in [0.4, 0.5) is 0 Å². The van der Waals surface area contributed by atoms with Crippen molar-refractivity contribution in [2.75, 3.05) is 39.3 Å². The Bertz CT molecular complexity index is 382. The molecule has 2 aliphatic rings. The van der Waals surface area contributed by atoms with Gasteiger partial charge in [0.2, 0.25) is 5.91 Å². The minimum atomic E-state index is -0.558. The van der Waals surface area contributed by atoms with E-state index < -0.39 is 5.60 Å². The number of hydrogen-bond acceptors (Lipinski definition) is 4. The normalized spacial score (nSPS) is 27.2. The van der Waals surface area contributed by atoms with Gasteiger partial charge in [-0.3, -0.25) is 14.6 Å². The van der Waals surface area contributed by atoms with Gasteiger partial charge in [0.05, 0.1) is 12.1 Å². The van der Waals surface area contributed by atoms with E-state index in [1.807, 2.05) is 0 Å². The van der Waals surface area contributed by atoms with Crippen LogP contribution in [-0.4, -0.2) is 71.7 Å². The molecule has 0 spiro atoms. The number of hydrogen-bond donors (Lipinski definition) is 2. The molecule has 1 heterocycles. The molecule has 0 radical (unpaired) electrons. The maximum absolute atomic E-state index is 12.3. The summed E-state index contributed by atoms with van der Waals surface area (Å²) in [6, 6.07) is 0.388. The van der Waals surface area contributed by atoms with Crippen molar-refractivity contribution in [3.8, 4) is 0 Å². The highest BCUT2D eigenvalue weighted by Crippen LogP contribution is 2.23. The SMILES string of the molecule is CCC(O)(CC)CN1CCN(CC(=O)NC2CCC(C)CC2)CC1. The lowest BCUT2D eigenvalue weighted by Gasteiger charge is -2.39. The van der Waals surface area contributed by atoms with Gasteiger partial charge >= 0.3 is 0 Å². The van der Waals surface area contributed by atoms with E-state index in [-0.39, 0.29) is 5.91 Å². The standard InChI is InChI=1S/C19H37N3O2/c1-4-19(24,5-2)15-22-12-10-21(11-13-22)14-18(23)20-17-8-6-16(3)7-9-17/h16-17,24H,4-15H2,1-3H3,(H,20,23). The molecule has 5 nitrogen and oxygen atoms in total. The molecule has 2 rings (SSSR count). The average molecular weight is 340 g/mol. The molecule has 1 aliphatic heterocycles. The van der Waals surface area contributed by atoms with Crippen molar-refractivity contribution >= 4 is 5.91 Å². The zero-order chi connectivity index (χ0) is 17.6. The molecular weight excluding hydrogens is 302 g/mol. The van der Waals surface area contributed by atoms with Gasteiger partial charge in [0, 0.05) is 38.8 Å². The third kappa shape index (κ3) is 6.01. The van der Waals surface area contributed by atoms with E-state index in [1.165, 1.54) is 12.8 Å². The molecule has 0 atom stereocenters. The third-order valence-corrected chi connectivity index (χ3v) is 6.05. The number of nitrogens with zero attached hydrogens (tertiary/aromatic N) is 2. The van der Waals surface area contributed by atoms with Gasteiger partial charge in [-0.05, 0) is 44.4 Å². The summed E-state index contributed by atoms with van der Waals surface area (Å²) < 4.78 is 0. The van der Waals surface area contributed by atoms with Crippen molar-refractivity contribution < 1.29 is 9.90 Å². The topological polar surface area (TPSA) is 55.8 Å². The van der Waals surface area contributed by atoms with Gasteiger partial charge in [-0.15, -0.1) is 0 Å². The van der Waals surface area contributed by atoms with Crippen molar-refractivity contribution in [3.63, 3.8) is 0 Å². The number of nitrogens with one attached hydrogen (secondary N) is 1. The fourth-order valence-electron chi connectivity index (χ4n) is 3.88. The lowest BCUT2D eigenvalue weighted by molar-refractivity contribution is -0.123. The van der Waals surface area contributed by atoms with Crippen molar-refractivity contribution in [2.24, 2.45) is 5.92 Å². The number of piperazine rings is 1. The predicted octanol–water partition coefficient (Wildman–Crippen LogP) is 1.85. The van der Waals surface area contributed by atoms with E-state index >= 15 is 0 Å². The molecule has 2 N–H and O–H groups in total. The smallest absolute Gasteiger partial charge is 0.234 e. The Morgan fingerprint density at radius 2 is 1.58 bits per heavy atom. The summed E-state index contributed by atoms with van der Waals surface area (Å²) in [5.74, 6) is 0.998. The van der Waals surface area contributed by atoms with Gasteiger partial charge in [-0.1, -0.05) is 20.8 Å². The zero-order valence-electron chi connectivity index (χ0n) is 15.9. The molecule has 0 unspecified atom stereocenters. The van der Waals surface area contributed by atoms with Crippen LogP contribution in [0.2, 0.25) is 0 Å². The van der Waals surface area contributed by atoms with Crippen LogP contribution in [0.25, 0.3) is 0 Å². The van der Waals surface area contributed by atoms with Gasteiger partial charge in [0.15, 0.2) is 0 Å². The number of aliphatic hydroxyl groups is 1. The van der Waals surface area contributed by atoms with Gasteiger partial charge in [0.25, 0.3) is 0 Å². The largest absolute Gasteiger partial charge is 0.389 e. The van der Waals surface area contributed by atoms with Gasteiger partial charge in [-0.2, -0.15) is 0 Å². The first-order valence-corrected chi connectivity index (χ1v) is 9.90. The van der Waals surface area contributed by atoms with Crippen LogP contribution >= 0.6 is 0 Å². The summed E-state index contributed by atoms with van der Waals surface area (Å²) in [6.07, 6.45) is 6.33. The molecule has 1 aliphatic carbocycles. The molecule has 1 saturated heterocycles. The fraction of sp³-hybridized carbons (Fsp3) is 0.947. The molecule has 140 valence electrons. The molecular formula is C19H37N3O2. The highest BCUT2D eigenvalue weighted by atomic mass is 16.3. The van der Waals surface area contributed by atoms with E-state index in [9.17, 15) is 9.90 Å². The summed E-state index contributed by atoms with van der Waals surface area (Å²) >= 11 is 0.